The van der Waals surface area contributed by atoms with Crippen LogP contribution in [0.4, 0.5) is 5.69 Å². The SMILES string of the molecule is CCOc1cc(/C=C2\SC(=S)N(n3c(C)ccc3C)C2=O)ccc1OCC(=O)Nc1ccc(C)cc1. The molecule has 2 amide bonds. The van der Waals surface area contributed by atoms with Crippen LogP contribution >= 0.6 is 24.0 Å². The standard InChI is InChI=1S/C27H27N3O4S2/c1-5-33-23-14-20(10-13-22(23)34-16-25(31)28-21-11-6-17(2)7-12-21)15-24-26(32)30(27(35)36-24)29-18(3)8-9-19(29)4/h6-15H,5,16H2,1-4H3,(H,28,31)/b24-15-. The highest BCUT2D eigenvalue weighted by atomic mass is 32.2. The molecule has 0 bridgehead atoms. The second-order valence-electron chi connectivity index (χ2n) is 8.26. The van der Waals surface area contributed by atoms with E-state index >= 15 is 0 Å². The Labute approximate surface area is 220 Å². The van der Waals surface area contributed by atoms with Crippen molar-refractivity contribution in [3.05, 3.63) is 82.0 Å². The van der Waals surface area contributed by atoms with Gasteiger partial charge in [-0.1, -0.05) is 35.5 Å². The van der Waals surface area contributed by atoms with E-state index in [1.807, 2.05) is 74.8 Å². The maximum atomic E-state index is 13.2. The zero-order valence-electron chi connectivity index (χ0n) is 20.5. The molecule has 2 heterocycles. The van der Waals surface area contributed by atoms with Crippen LogP contribution in [0, 0.1) is 20.8 Å². The molecule has 9 heteroatoms. The number of hydrogen-bond donors (Lipinski definition) is 1. The third-order valence-electron chi connectivity index (χ3n) is 5.47. The van der Waals surface area contributed by atoms with E-state index < -0.39 is 0 Å². The topological polar surface area (TPSA) is 72.8 Å². The molecule has 0 spiro atoms. The highest BCUT2D eigenvalue weighted by Gasteiger charge is 2.34. The largest absolute Gasteiger partial charge is 0.490 e. The molecule has 2 aromatic carbocycles. The van der Waals surface area contributed by atoms with Crippen LogP contribution in [0.2, 0.25) is 0 Å². The molecular formula is C27H27N3O4S2. The quantitative estimate of drug-likeness (QED) is 0.318. The minimum Gasteiger partial charge on any atom is -0.490 e. The normalized spacial score (nSPS) is 14.4. The second-order valence-corrected chi connectivity index (χ2v) is 9.94. The molecule has 1 saturated heterocycles. The summed E-state index contributed by atoms with van der Waals surface area (Å²) in [6.45, 7) is 7.98. The summed E-state index contributed by atoms with van der Waals surface area (Å²) in [5.41, 5.74) is 4.43. The third-order valence-corrected chi connectivity index (χ3v) is 6.75. The van der Waals surface area contributed by atoms with Gasteiger partial charge in [0.15, 0.2) is 22.4 Å². The van der Waals surface area contributed by atoms with Gasteiger partial charge in [0.05, 0.1) is 11.5 Å². The van der Waals surface area contributed by atoms with Crippen molar-refractivity contribution < 1.29 is 19.1 Å². The van der Waals surface area contributed by atoms with Crippen molar-refractivity contribution in [1.29, 1.82) is 0 Å². The van der Waals surface area contributed by atoms with Crippen LogP contribution < -0.4 is 19.8 Å². The molecule has 0 unspecified atom stereocenters. The Morgan fingerprint density at radius 1 is 1.00 bits per heavy atom. The van der Waals surface area contributed by atoms with E-state index in [4.69, 9.17) is 21.7 Å². The van der Waals surface area contributed by atoms with Crippen LogP contribution in [0.5, 0.6) is 11.5 Å². The number of hydrogen-bond acceptors (Lipinski definition) is 6. The number of nitrogens with one attached hydrogen (secondary N) is 1. The van der Waals surface area contributed by atoms with Crippen molar-refractivity contribution in [3.63, 3.8) is 0 Å². The molecule has 0 saturated carbocycles. The number of nitrogens with zero attached hydrogens (tertiary/aromatic N) is 2. The number of aryl methyl sites for hydroxylation is 3. The zero-order valence-corrected chi connectivity index (χ0v) is 22.2. The van der Waals surface area contributed by atoms with E-state index in [1.54, 1.807) is 18.2 Å². The average molecular weight is 522 g/mol. The molecule has 0 aliphatic carbocycles. The molecule has 1 fully saturated rings. The predicted octanol–water partition coefficient (Wildman–Crippen LogP) is 5.37. The van der Waals surface area contributed by atoms with Gasteiger partial charge >= 0.3 is 0 Å². The maximum absolute atomic E-state index is 13.2. The summed E-state index contributed by atoms with van der Waals surface area (Å²) >= 11 is 6.76. The number of carbonyl (C=O) groups is 2. The lowest BCUT2D eigenvalue weighted by atomic mass is 10.2. The van der Waals surface area contributed by atoms with E-state index in [2.05, 4.69) is 5.32 Å². The highest BCUT2D eigenvalue weighted by molar-refractivity contribution is 8.27. The van der Waals surface area contributed by atoms with Gasteiger partial charge in [0, 0.05) is 17.1 Å². The van der Waals surface area contributed by atoms with Gasteiger partial charge in [-0.05, 0) is 88.0 Å². The van der Waals surface area contributed by atoms with Crippen molar-refractivity contribution in [1.82, 2.24) is 4.68 Å². The number of carbonyl (C=O) groups excluding carboxylic acids is 2. The summed E-state index contributed by atoms with van der Waals surface area (Å²) in [5, 5.41) is 4.33. The third kappa shape index (κ3) is 5.63. The minimum absolute atomic E-state index is 0.165. The van der Waals surface area contributed by atoms with Crippen LogP contribution in [0.25, 0.3) is 6.08 Å². The number of thioether (sulfide) groups is 1. The lowest BCUT2D eigenvalue weighted by molar-refractivity contribution is -0.118. The fourth-order valence-corrected chi connectivity index (χ4v) is 4.98. The number of anilines is 1. The number of amides is 2. The van der Waals surface area contributed by atoms with Gasteiger partial charge in [-0.2, -0.15) is 5.01 Å². The Kier molecular flexibility index (Phi) is 7.81. The van der Waals surface area contributed by atoms with Crippen molar-refractivity contribution in [2.45, 2.75) is 27.7 Å². The Balaban J connectivity index is 1.48. The number of rotatable bonds is 8. The Morgan fingerprint density at radius 2 is 1.69 bits per heavy atom. The predicted molar refractivity (Wildman–Crippen MR) is 148 cm³/mol. The van der Waals surface area contributed by atoms with Crippen molar-refractivity contribution in [2.75, 3.05) is 23.5 Å². The minimum atomic E-state index is -0.273. The first-order chi connectivity index (χ1) is 17.3. The molecule has 0 radical (unpaired) electrons. The van der Waals surface area contributed by atoms with E-state index in [0.717, 1.165) is 22.5 Å². The Hall–Kier alpha value is -3.56. The van der Waals surface area contributed by atoms with Crippen LogP contribution in [-0.2, 0) is 9.59 Å². The fourth-order valence-electron chi connectivity index (χ4n) is 3.74. The molecule has 3 aromatic rings. The van der Waals surface area contributed by atoms with E-state index in [1.165, 1.54) is 16.8 Å². The summed E-state index contributed by atoms with van der Waals surface area (Å²) in [4.78, 5) is 26.0. The maximum Gasteiger partial charge on any atom is 0.285 e. The first-order valence-corrected chi connectivity index (χ1v) is 12.7. The summed E-state index contributed by atoms with van der Waals surface area (Å²) in [7, 11) is 0. The lowest BCUT2D eigenvalue weighted by Gasteiger charge is -2.20. The number of aromatic nitrogens is 1. The Bertz CT molecular complexity index is 1330. The number of benzene rings is 2. The van der Waals surface area contributed by atoms with E-state index in [0.29, 0.717) is 33.0 Å². The van der Waals surface area contributed by atoms with Gasteiger partial charge < -0.3 is 14.8 Å². The monoisotopic (exact) mass is 521 g/mol. The molecule has 7 nitrogen and oxygen atoms in total. The van der Waals surface area contributed by atoms with Gasteiger partial charge in [0.25, 0.3) is 11.8 Å². The van der Waals surface area contributed by atoms with Gasteiger partial charge in [-0.15, -0.1) is 0 Å². The smallest absolute Gasteiger partial charge is 0.285 e. The van der Waals surface area contributed by atoms with Crippen LogP contribution in [0.15, 0.2) is 59.5 Å². The van der Waals surface area contributed by atoms with Crippen molar-refractivity contribution in [3.8, 4) is 11.5 Å². The molecule has 186 valence electrons. The molecular weight excluding hydrogens is 494 g/mol. The number of thiocarbonyl (C=S) groups is 1. The highest BCUT2D eigenvalue weighted by Crippen LogP contribution is 2.35. The summed E-state index contributed by atoms with van der Waals surface area (Å²) in [6, 6.07) is 16.8. The first-order valence-electron chi connectivity index (χ1n) is 11.5. The number of ether oxygens (including phenoxy) is 2. The molecule has 1 N–H and O–H groups in total. The fraction of sp³-hybridized carbons (Fsp3) is 0.222. The molecule has 36 heavy (non-hydrogen) atoms. The summed E-state index contributed by atoms with van der Waals surface area (Å²) in [5.74, 6) is 0.476. The first kappa shape index (κ1) is 25.5. The summed E-state index contributed by atoms with van der Waals surface area (Å²) < 4.78 is 13.8. The molecule has 4 rings (SSSR count). The molecule has 1 aliphatic rings. The second kappa shape index (κ2) is 11.0. The lowest BCUT2D eigenvalue weighted by Crippen LogP contribution is -2.39. The van der Waals surface area contributed by atoms with Gasteiger partial charge in [-0.25, -0.2) is 0 Å². The van der Waals surface area contributed by atoms with Crippen molar-refractivity contribution in [2.24, 2.45) is 0 Å². The van der Waals surface area contributed by atoms with E-state index in [-0.39, 0.29) is 18.4 Å². The van der Waals surface area contributed by atoms with Gasteiger partial charge in [-0.3, -0.25) is 14.3 Å². The van der Waals surface area contributed by atoms with Crippen LogP contribution in [0.3, 0.4) is 0 Å². The molecule has 0 atom stereocenters. The van der Waals surface area contributed by atoms with Gasteiger partial charge in [0.1, 0.15) is 0 Å². The Morgan fingerprint density at radius 3 is 2.36 bits per heavy atom. The molecule has 1 aromatic heterocycles. The van der Waals surface area contributed by atoms with Crippen LogP contribution in [-0.4, -0.2) is 34.0 Å². The summed E-state index contributed by atoms with van der Waals surface area (Å²) in [6.07, 6.45) is 1.78. The van der Waals surface area contributed by atoms with Gasteiger partial charge in [0.2, 0.25) is 0 Å². The van der Waals surface area contributed by atoms with E-state index in [9.17, 15) is 9.59 Å². The van der Waals surface area contributed by atoms with Crippen molar-refractivity contribution >= 4 is 51.9 Å². The zero-order chi connectivity index (χ0) is 25.8. The van der Waals surface area contributed by atoms with Crippen LogP contribution in [0.1, 0.15) is 29.4 Å². The molecule has 1 aliphatic heterocycles. The average Bonchev–Trinajstić information content (AvgIpc) is 3.31.